The first-order valence-electron chi connectivity index (χ1n) is 7.43. The molecule has 0 bridgehead atoms. The lowest BCUT2D eigenvalue weighted by Gasteiger charge is -2.10. The summed E-state index contributed by atoms with van der Waals surface area (Å²) in [6.07, 6.45) is 0. The quantitative estimate of drug-likeness (QED) is 0.850. The minimum absolute atomic E-state index is 0.105. The summed E-state index contributed by atoms with van der Waals surface area (Å²) in [5, 5.41) is 1.90. The van der Waals surface area contributed by atoms with Crippen LogP contribution in [0, 0.1) is 0 Å². The van der Waals surface area contributed by atoms with Gasteiger partial charge in [-0.3, -0.25) is 4.79 Å². The molecular formula is C17H18N2O3S2. The fourth-order valence-corrected chi connectivity index (χ4v) is 4.48. The summed E-state index contributed by atoms with van der Waals surface area (Å²) >= 11 is 1.50. The van der Waals surface area contributed by atoms with Gasteiger partial charge in [-0.2, -0.15) is 0 Å². The number of fused-ring (bicyclic) bond motifs is 1. The van der Waals surface area contributed by atoms with Gasteiger partial charge in [0, 0.05) is 29.6 Å². The number of likely N-dealkylation sites (N-methyl/N-ethyl adjacent to an activating group) is 1. The second kappa shape index (κ2) is 6.16. The lowest BCUT2D eigenvalue weighted by Crippen LogP contribution is -2.23. The van der Waals surface area contributed by atoms with E-state index < -0.39 is 10.0 Å². The number of hydrogen-bond donors (Lipinski definition) is 1. The fraction of sp³-hybridized carbons (Fsp3) is 0.235. The van der Waals surface area contributed by atoms with Crippen molar-refractivity contribution in [3.05, 3.63) is 51.7 Å². The number of hydrogen-bond acceptors (Lipinski definition) is 4. The van der Waals surface area contributed by atoms with Crippen LogP contribution < -0.4 is 9.62 Å². The molecule has 0 spiro atoms. The summed E-state index contributed by atoms with van der Waals surface area (Å²) in [7, 11) is -1.94. The third kappa shape index (κ3) is 2.90. The normalized spacial score (nSPS) is 14.2. The second-order valence-electron chi connectivity index (χ2n) is 5.82. The molecule has 0 saturated carbocycles. The maximum absolute atomic E-state index is 12.5. The van der Waals surface area contributed by atoms with E-state index in [9.17, 15) is 13.2 Å². The van der Waals surface area contributed by atoms with Gasteiger partial charge in [0.1, 0.15) is 0 Å². The Morgan fingerprint density at radius 1 is 1.25 bits per heavy atom. The van der Waals surface area contributed by atoms with E-state index in [1.165, 1.54) is 17.4 Å². The van der Waals surface area contributed by atoms with Gasteiger partial charge in [-0.1, -0.05) is 11.6 Å². The van der Waals surface area contributed by atoms with E-state index in [0.29, 0.717) is 11.1 Å². The van der Waals surface area contributed by atoms with Crippen molar-refractivity contribution in [1.29, 1.82) is 0 Å². The van der Waals surface area contributed by atoms with Crippen LogP contribution >= 0.6 is 11.3 Å². The van der Waals surface area contributed by atoms with Crippen molar-refractivity contribution in [2.75, 3.05) is 11.9 Å². The Kier molecular flexibility index (Phi) is 4.33. The number of nitrogens with one attached hydrogen (secondary N) is 1. The highest BCUT2D eigenvalue weighted by atomic mass is 32.2. The van der Waals surface area contributed by atoms with Gasteiger partial charge < -0.3 is 4.90 Å². The molecule has 1 amide bonds. The van der Waals surface area contributed by atoms with Crippen LogP contribution in [-0.4, -0.2) is 21.4 Å². The Bertz CT molecular complexity index is 925. The van der Waals surface area contributed by atoms with Crippen molar-refractivity contribution in [3.8, 4) is 0 Å². The van der Waals surface area contributed by atoms with Crippen LogP contribution in [0.15, 0.2) is 46.2 Å². The van der Waals surface area contributed by atoms with Gasteiger partial charge in [0.25, 0.3) is 5.91 Å². The van der Waals surface area contributed by atoms with E-state index in [1.807, 2.05) is 31.4 Å². The summed E-state index contributed by atoms with van der Waals surface area (Å²) in [5.74, 6) is -0.105. The average molecular weight is 362 g/mol. The number of sulfonamides is 1. The molecule has 7 heteroatoms. The molecule has 2 aromatic rings. The molecule has 0 atom stereocenters. The number of nitrogens with zero attached hydrogens (tertiary/aromatic N) is 1. The summed E-state index contributed by atoms with van der Waals surface area (Å²) < 4.78 is 27.7. The van der Waals surface area contributed by atoms with Gasteiger partial charge >= 0.3 is 0 Å². The van der Waals surface area contributed by atoms with Crippen molar-refractivity contribution >= 4 is 38.5 Å². The lowest BCUT2D eigenvalue weighted by atomic mass is 10.0. The average Bonchev–Trinajstić information content (AvgIpc) is 3.13. The van der Waals surface area contributed by atoms with Crippen molar-refractivity contribution in [1.82, 2.24) is 4.72 Å². The van der Waals surface area contributed by atoms with Gasteiger partial charge in [0.2, 0.25) is 10.0 Å². The third-order valence-corrected chi connectivity index (χ3v) is 6.22. The van der Waals surface area contributed by atoms with Gasteiger partial charge in [-0.15, -0.1) is 11.3 Å². The molecule has 0 saturated heterocycles. The molecule has 1 N–H and O–H groups in total. The maximum Gasteiger partial charge on any atom is 0.258 e. The largest absolute Gasteiger partial charge is 0.311 e. The van der Waals surface area contributed by atoms with Crippen LogP contribution in [0.5, 0.6) is 0 Å². The molecule has 0 aliphatic carbocycles. The van der Waals surface area contributed by atoms with Crippen molar-refractivity contribution in [3.63, 3.8) is 0 Å². The lowest BCUT2D eigenvalue weighted by molar-refractivity contribution is -0.112. The minimum Gasteiger partial charge on any atom is -0.311 e. The Balaban J connectivity index is 1.97. The van der Waals surface area contributed by atoms with Crippen LogP contribution in [0.3, 0.4) is 0 Å². The number of thiophene rings is 1. The predicted octanol–water partition coefficient (Wildman–Crippen LogP) is 3.00. The highest BCUT2D eigenvalue weighted by Crippen LogP contribution is 2.38. The first-order chi connectivity index (χ1) is 11.3. The van der Waals surface area contributed by atoms with Crippen LogP contribution in [0.25, 0.3) is 5.57 Å². The molecule has 1 aromatic heterocycles. The van der Waals surface area contributed by atoms with Crippen molar-refractivity contribution in [2.24, 2.45) is 0 Å². The summed E-state index contributed by atoms with van der Waals surface area (Å²) in [6, 6.07) is 8.56. The van der Waals surface area contributed by atoms with Crippen LogP contribution in [0.4, 0.5) is 5.69 Å². The number of anilines is 1. The second-order valence-corrected chi connectivity index (χ2v) is 8.62. The van der Waals surface area contributed by atoms with E-state index in [1.54, 1.807) is 24.1 Å². The minimum atomic E-state index is -3.64. The summed E-state index contributed by atoms with van der Waals surface area (Å²) in [5.41, 5.74) is 2.84. The molecule has 0 fully saturated rings. The molecule has 1 aliphatic rings. The molecule has 3 rings (SSSR count). The first kappa shape index (κ1) is 16.9. The Morgan fingerprint density at radius 2 is 2.00 bits per heavy atom. The zero-order valence-corrected chi connectivity index (χ0v) is 15.3. The van der Waals surface area contributed by atoms with Gasteiger partial charge in [0.05, 0.1) is 10.6 Å². The van der Waals surface area contributed by atoms with Crippen molar-refractivity contribution in [2.45, 2.75) is 25.3 Å². The molecule has 1 aromatic carbocycles. The number of carbonyl (C=O) groups excluding carboxylic acids is 1. The number of allylic oxidation sites excluding steroid dienone is 1. The first-order valence-corrected chi connectivity index (χ1v) is 9.79. The molecule has 1 aliphatic heterocycles. The van der Waals surface area contributed by atoms with Crippen LogP contribution in [-0.2, 0) is 21.4 Å². The SMILES string of the molecule is CC(C)=C1C(=O)N(C)c2ccc(S(=O)(=O)NCc3cccs3)cc21. The topological polar surface area (TPSA) is 66.5 Å². The maximum atomic E-state index is 12.5. The summed E-state index contributed by atoms with van der Waals surface area (Å²) in [4.78, 5) is 15.0. The third-order valence-electron chi connectivity index (χ3n) is 3.94. The zero-order valence-electron chi connectivity index (χ0n) is 13.7. The van der Waals surface area contributed by atoms with E-state index in [0.717, 1.165) is 16.1 Å². The molecule has 5 nitrogen and oxygen atoms in total. The molecule has 24 heavy (non-hydrogen) atoms. The van der Waals surface area contributed by atoms with Gasteiger partial charge in [0.15, 0.2) is 0 Å². The van der Waals surface area contributed by atoms with Crippen molar-refractivity contribution < 1.29 is 13.2 Å². The van der Waals surface area contributed by atoms with Crippen LogP contribution in [0.2, 0.25) is 0 Å². The van der Waals surface area contributed by atoms with E-state index in [-0.39, 0.29) is 17.3 Å². The highest BCUT2D eigenvalue weighted by molar-refractivity contribution is 7.89. The molecule has 126 valence electrons. The number of rotatable bonds is 4. The monoisotopic (exact) mass is 362 g/mol. The smallest absolute Gasteiger partial charge is 0.258 e. The Hall–Kier alpha value is -1.96. The van der Waals surface area contributed by atoms with Gasteiger partial charge in [-0.05, 0) is 43.5 Å². The predicted molar refractivity (Wildman–Crippen MR) is 96.5 cm³/mol. The number of carbonyl (C=O) groups is 1. The molecular weight excluding hydrogens is 344 g/mol. The molecule has 0 unspecified atom stereocenters. The standard InChI is InChI=1S/C17H18N2O3S2/c1-11(2)16-14-9-13(6-7-15(14)19(3)17(16)20)24(21,22)18-10-12-5-4-8-23-12/h4-9,18H,10H2,1-3H3. The Labute approximate surface area is 145 Å². The number of benzene rings is 1. The van der Waals surface area contributed by atoms with Crippen LogP contribution in [0.1, 0.15) is 24.3 Å². The highest BCUT2D eigenvalue weighted by Gasteiger charge is 2.31. The molecule has 0 radical (unpaired) electrons. The van der Waals surface area contributed by atoms with E-state index in [4.69, 9.17) is 0 Å². The van der Waals surface area contributed by atoms with E-state index >= 15 is 0 Å². The zero-order chi connectivity index (χ0) is 17.5. The van der Waals surface area contributed by atoms with Gasteiger partial charge in [-0.25, -0.2) is 13.1 Å². The van der Waals surface area contributed by atoms with E-state index in [2.05, 4.69) is 4.72 Å². The molecule has 2 heterocycles. The number of amides is 1. The summed E-state index contributed by atoms with van der Waals surface area (Å²) in [6.45, 7) is 3.96. The Morgan fingerprint density at radius 3 is 2.62 bits per heavy atom. The fourth-order valence-electron chi connectivity index (χ4n) is 2.71.